The Kier molecular flexibility index (Phi) is 10.3. The molecule has 44 heavy (non-hydrogen) atoms. The van der Waals surface area contributed by atoms with E-state index in [1.807, 2.05) is 62.4 Å². The van der Waals surface area contributed by atoms with Gasteiger partial charge in [0.05, 0.1) is 12.5 Å². The number of unbranched alkanes of at least 4 members (excludes halogenated alkanes) is 3. The molecular weight excluding hydrogens is 630 g/mol. The maximum absolute atomic E-state index is 14.5. The lowest BCUT2D eigenvalue weighted by molar-refractivity contribution is -0.160. The Labute approximate surface area is 266 Å². The Morgan fingerprint density at radius 2 is 1.80 bits per heavy atom. The van der Waals surface area contributed by atoms with Crippen LogP contribution in [0.25, 0.3) is 0 Å². The molecular formula is C33H42BrN3O7. The third kappa shape index (κ3) is 6.23. The highest BCUT2D eigenvalue weighted by molar-refractivity contribution is 9.11. The van der Waals surface area contributed by atoms with Crippen LogP contribution in [-0.4, -0.2) is 88.6 Å². The number of allylic oxidation sites excluding steroid dienone is 1. The number of benzene rings is 1. The molecule has 5 rings (SSSR count). The summed E-state index contributed by atoms with van der Waals surface area (Å²) in [5, 5.41) is 12.1. The van der Waals surface area contributed by atoms with E-state index in [2.05, 4.69) is 21.2 Å². The molecule has 2 fully saturated rings. The molecule has 5 bridgehead atoms. The van der Waals surface area contributed by atoms with Crippen molar-refractivity contribution in [2.45, 2.75) is 82.3 Å². The highest BCUT2D eigenvalue weighted by atomic mass is 79.9. The first-order chi connectivity index (χ1) is 21.2. The summed E-state index contributed by atoms with van der Waals surface area (Å²) in [5.41, 5.74) is -0.608. The molecule has 11 heteroatoms. The summed E-state index contributed by atoms with van der Waals surface area (Å²) < 4.78 is 13.3. The fraction of sp³-hybridized carbons (Fsp3) is 0.576. The predicted octanol–water partition coefficient (Wildman–Crippen LogP) is 3.40. The molecule has 4 heterocycles. The van der Waals surface area contributed by atoms with Crippen LogP contribution in [0.1, 0.15) is 64.0 Å². The summed E-state index contributed by atoms with van der Waals surface area (Å²) in [6.45, 7) is 4.69. The summed E-state index contributed by atoms with van der Waals surface area (Å²) in [5.74, 6) is -3.22. The third-order valence-corrected chi connectivity index (χ3v) is 9.75. The number of amides is 3. The molecule has 0 aliphatic carbocycles. The van der Waals surface area contributed by atoms with Gasteiger partial charge in [-0.3, -0.25) is 19.2 Å². The Morgan fingerprint density at radius 1 is 1.05 bits per heavy atom. The normalized spacial score (nSPS) is 31.7. The highest BCUT2D eigenvalue weighted by Gasteiger charge is 2.74. The lowest BCUT2D eigenvalue weighted by Gasteiger charge is -2.37. The topological polar surface area (TPSA) is 125 Å². The number of nitrogens with one attached hydrogen (secondary N) is 1. The van der Waals surface area contributed by atoms with Crippen LogP contribution in [-0.2, 0) is 28.7 Å². The Bertz CT molecular complexity index is 1300. The first-order valence-corrected chi connectivity index (χ1v) is 16.4. The SMILES string of the molecule is CC(C)N1C/C=C\CCC(=O)NC[C@H](c2ccccc2)OC(=O)[C@H]2[C@@H]3O[C@@]4(C=C3Br)[C@@H]2C(=O)N(CCCCCCO)[C@@H]4C1=O. The molecule has 2 saturated heterocycles. The zero-order valence-corrected chi connectivity index (χ0v) is 26.9. The van der Waals surface area contributed by atoms with Gasteiger partial charge in [-0.25, -0.2) is 0 Å². The average molecular weight is 673 g/mol. The quantitative estimate of drug-likeness (QED) is 0.247. The maximum Gasteiger partial charge on any atom is 0.313 e. The van der Waals surface area contributed by atoms with Crippen molar-refractivity contribution >= 4 is 39.6 Å². The van der Waals surface area contributed by atoms with E-state index in [1.165, 1.54) is 0 Å². The average Bonchev–Trinajstić information content (AvgIpc) is 3.59. The van der Waals surface area contributed by atoms with E-state index in [0.29, 0.717) is 36.8 Å². The summed E-state index contributed by atoms with van der Waals surface area (Å²) in [4.78, 5) is 58.9. The van der Waals surface area contributed by atoms with Crippen LogP contribution >= 0.6 is 15.9 Å². The van der Waals surface area contributed by atoms with Gasteiger partial charge in [-0.2, -0.15) is 0 Å². The van der Waals surface area contributed by atoms with Gasteiger partial charge in [0.25, 0.3) is 0 Å². The van der Waals surface area contributed by atoms with Crippen LogP contribution in [0, 0.1) is 11.8 Å². The van der Waals surface area contributed by atoms with Gasteiger partial charge in [0.15, 0.2) is 0 Å². The predicted molar refractivity (Wildman–Crippen MR) is 166 cm³/mol. The van der Waals surface area contributed by atoms with Crippen molar-refractivity contribution in [3.8, 4) is 0 Å². The summed E-state index contributed by atoms with van der Waals surface area (Å²) in [6.07, 6.45) is 7.71. The number of hydrogen-bond donors (Lipinski definition) is 2. The summed E-state index contributed by atoms with van der Waals surface area (Å²) in [7, 11) is 0. The standard InChI is InChI=1S/C33H42BrN3O7/c1-21(2)36-16-11-6-9-15-25(39)35-20-24(22-13-7-5-8-14-22)43-32(42)26-27-30(40)37(17-10-3-4-12-18-38)29(31(36)41)33(27)19-23(34)28(26)44-33/h5-8,11,13-14,19,21,24,26-29,38H,3-4,9-10,12,15-18,20H2,1-2H3,(H,35,39)/b11-6-/t24-,26-,27+,28-,29-,33+/m1/s1. The van der Waals surface area contributed by atoms with E-state index in [-0.39, 0.29) is 43.3 Å². The van der Waals surface area contributed by atoms with Crippen molar-refractivity contribution in [1.82, 2.24) is 15.1 Å². The second kappa shape index (κ2) is 14.0. The lowest BCUT2D eigenvalue weighted by atomic mass is 9.74. The fourth-order valence-corrected chi connectivity index (χ4v) is 7.63. The van der Waals surface area contributed by atoms with E-state index in [1.54, 1.807) is 9.80 Å². The van der Waals surface area contributed by atoms with Gasteiger partial charge in [-0.1, -0.05) is 71.3 Å². The molecule has 2 N–H and O–H groups in total. The van der Waals surface area contributed by atoms with E-state index < -0.39 is 41.7 Å². The number of rotatable bonds is 8. The molecule has 0 radical (unpaired) electrons. The second-order valence-corrected chi connectivity index (χ2v) is 13.1. The Hall–Kier alpha value is -3.02. The minimum absolute atomic E-state index is 0.0828. The summed E-state index contributed by atoms with van der Waals surface area (Å²) >= 11 is 3.59. The van der Waals surface area contributed by atoms with Crippen molar-refractivity contribution < 1.29 is 33.8 Å². The molecule has 10 nitrogen and oxygen atoms in total. The zero-order chi connectivity index (χ0) is 31.4. The van der Waals surface area contributed by atoms with Crippen LogP contribution in [0.4, 0.5) is 0 Å². The molecule has 238 valence electrons. The van der Waals surface area contributed by atoms with E-state index in [4.69, 9.17) is 9.47 Å². The van der Waals surface area contributed by atoms with Crippen LogP contribution in [0.15, 0.2) is 53.0 Å². The first-order valence-electron chi connectivity index (χ1n) is 15.6. The van der Waals surface area contributed by atoms with Crippen LogP contribution in [0.3, 0.4) is 0 Å². The van der Waals surface area contributed by atoms with Gasteiger partial charge in [0.2, 0.25) is 17.7 Å². The van der Waals surface area contributed by atoms with Crippen molar-refractivity contribution in [3.05, 3.63) is 58.6 Å². The van der Waals surface area contributed by atoms with Gasteiger partial charge in [-0.15, -0.1) is 0 Å². The van der Waals surface area contributed by atoms with Gasteiger partial charge in [0, 0.05) is 36.6 Å². The number of likely N-dealkylation sites (tertiary alicyclic amines) is 1. The minimum atomic E-state index is -1.33. The van der Waals surface area contributed by atoms with E-state index >= 15 is 0 Å². The van der Waals surface area contributed by atoms with E-state index in [0.717, 1.165) is 18.4 Å². The number of halogens is 1. The van der Waals surface area contributed by atoms with Crippen LogP contribution in [0.2, 0.25) is 0 Å². The second-order valence-electron chi connectivity index (χ2n) is 12.2. The largest absolute Gasteiger partial charge is 0.455 e. The van der Waals surface area contributed by atoms with Crippen LogP contribution in [0.5, 0.6) is 0 Å². The van der Waals surface area contributed by atoms with Crippen molar-refractivity contribution in [2.24, 2.45) is 11.8 Å². The number of esters is 1. The molecule has 1 aromatic carbocycles. The Morgan fingerprint density at radius 3 is 2.52 bits per heavy atom. The van der Waals surface area contributed by atoms with Crippen molar-refractivity contribution in [2.75, 3.05) is 26.2 Å². The summed E-state index contributed by atoms with van der Waals surface area (Å²) in [6, 6.07) is 8.07. The molecule has 3 amide bonds. The lowest BCUT2D eigenvalue weighted by Crippen LogP contribution is -2.57. The molecule has 1 aromatic rings. The van der Waals surface area contributed by atoms with Gasteiger partial charge in [-0.05, 0) is 44.7 Å². The van der Waals surface area contributed by atoms with E-state index in [9.17, 15) is 24.3 Å². The molecule has 0 saturated carbocycles. The molecule has 0 aromatic heterocycles. The first kappa shape index (κ1) is 32.4. The fourth-order valence-electron chi connectivity index (χ4n) is 6.90. The number of nitrogens with zero attached hydrogens (tertiary/aromatic N) is 2. The van der Waals surface area contributed by atoms with Crippen molar-refractivity contribution in [3.63, 3.8) is 0 Å². The van der Waals surface area contributed by atoms with Gasteiger partial charge < -0.3 is 29.7 Å². The number of carbonyl (C=O) groups excluding carboxylic acids is 4. The number of aliphatic hydroxyl groups excluding tert-OH is 1. The smallest absolute Gasteiger partial charge is 0.313 e. The van der Waals surface area contributed by atoms with Crippen LogP contribution < -0.4 is 5.32 Å². The molecule has 4 aliphatic rings. The molecule has 1 spiro atoms. The van der Waals surface area contributed by atoms with Gasteiger partial charge >= 0.3 is 5.97 Å². The Balaban J connectivity index is 1.54. The number of ether oxygens (including phenoxy) is 2. The number of fused-ring (bicyclic) bond motifs is 2. The third-order valence-electron chi connectivity index (χ3n) is 9.07. The number of aliphatic hydroxyl groups is 1. The minimum Gasteiger partial charge on any atom is -0.455 e. The molecule has 6 atom stereocenters. The zero-order valence-electron chi connectivity index (χ0n) is 25.3. The highest BCUT2D eigenvalue weighted by Crippen LogP contribution is 2.59. The van der Waals surface area contributed by atoms with Crippen molar-refractivity contribution in [1.29, 1.82) is 0 Å². The molecule has 4 aliphatic heterocycles. The van der Waals surface area contributed by atoms with Gasteiger partial charge in [0.1, 0.15) is 29.8 Å². The maximum atomic E-state index is 14.5. The number of hydrogen-bond acceptors (Lipinski definition) is 7. The number of carbonyl (C=O) groups is 4. The monoisotopic (exact) mass is 671 g/mol. The number of cyclic esters (lactones) is 1. The molecule has 0 unspecified atom stereocenters.